The molecule has 176 valence electrons. The number of fused-ring (bicyclic) bond motifs is 2. The number of hydrogen-bond donors (Lipinski definition) is 2. The van der Waals surface area contributed by atoms with E-state index in [1.807, 2.05) is 36.4 Å². The first-order valence-corrected chi connectivity index (χ1v) is 11.6. The maximum atomic E-state index is 13.7. The first kappa shape index (κ1) is 22.3. The van der Waals surface area contributed by atoms with Gasteiger partial charge in [0.2, 0.25) is 0 Å². The van der Waals surface area contributed by atoms with Gasteiger partial charge in [-0.3, -0.25) is 19.3 Å². The summed E-state index contributed by atoms with van der Waals surface area (Å²) in [5, 5.41) is 12.5. The minimum Gasteiger partial charge on any atom is -0.481 e. The van der Waals surface area contributed by atoms with Crippen molar-refractivity contribution in [2.45, 2.75) is 43.4 Å². The van der Waals surface area contributed by atoms with E-state index < -0.39 is 41.4 Å². The average Bonchev–Trinajstić information content (AvgIpc) is 3.54. The summed E-state index contributed by atoms with van der Waals surface area (Å²) in [5.41, 5.74) is -0.0284. The predicted octanol–water partition coefficient (Wildman–Crippen LogP) is 2.71. The van der Waals surface area contributed by atoms with E-state index in [-0.39, 0.29) is 31.3 Å². The Bertz CT molecular complexity index is 1080. The maximum Gasteiger partial charge on any atom is 0.325 e. The van der Waals surface area contributed by atoms with Crippen LogP contribution in [0.3, 0.4) is 0 Å². The summed E-state index contributed by atoms with van der Waals surface area (Å²) in [6.45, 7) is 0.0667. The van der Waals surface area contributed by atoms with E-state index in [2.05, 4.69) is 5.32 Å². The quantitative estimate of drug-likeness (QED) is 0.584. The highest BCUT2D eigenvalue weighted by atomic mass is 16.5. The van der Waals surface area contributed by atoms with Crippen molar-refractivity contribution in [1.29, 1.82) is 0 Å². The van der Waals surface area contributed by atoms with Gasteiger partial charge in [0.15, 0.2) is 5.54 Å². The lowest BCUT2D eigenvalue weighted by Gasteiger charge is -2.28. The summed E-state index contributed by atoms with van der Waals surface area (Å²) in [6, 6.07) is 17.7. The fraction of sp³-hybridized carbons (Fsp3) is 0.385. The third kappa shape index (κ3) is 3.49. The van der Waals surface area contributed by atoms with E-state index in [1.54, 1.807) is 24.3 Å². The fourth-order valence-electron chi connectivity index (χ4n) is 5.69. The second kappa shape index (κ2) is 8.68. The highest BCUT2D eigenvalue weighted by Gasteiger charge is 2.56. The molecule has 3 aliphatic rings. The third-order valence-corrected chi connectivity index (χ3v) is 7.25. The molecule has 3 saturated heterocycles. The lowest BCUT2D eigenvalue weighted by molar-refractivity contribution is -0.147. The molecular weight excluding hydrogens is 436 g/mol. The van der Waals surface area contributed by atoms with Gasteiger partial charge in [-0.2, -0.15) is 0 Å². The van der Waals surface area contributed by atoms with Crippen molar-refractivity contribution < 1.29 is 29.0 Å². The number of amides is 3. The molecule has 3 amide bonds. The molecular formula is C26H26N2O6. The number of hydrogen-bond acceptors (Lipinski definition) is 5. The molecule has 2 aromatic rings. The topological polar surface area (TPSA) is 113 Å². The minimum atomic E-state index is -1.34. The fourth-order valence-corrected chi connectivity index (χ4v) is 5.69. The molecule has 0 radical (unpaired) electrons. The summed E-state index contributed by atoms with van der Waals surface area (Å²) in [6.07, 6.45) is 0.946. The highest BCUT2D eigenvalue weighted by Crippen LogP contribution is 2.44. The number of benzene rings is 2. The Hall–Kier alpha value is -3.52. The van der Waals surface area contributed by atoms with Gasteiger partial charge in [-0.05, 0) is 30.4 Å². The maximum absolute atomic E-state index is 13.7. The first-order valence-electron chi connectivity index (χ1n) is 11.6. The Balaban J connectivity index is 1.32. The number of imide groups is 1. The van der Waals surface area contributed by atoms with Gasteiger partial charge in [-0.15, -0.1) is 0 Å². The van der Waals surface area contributed by atoms with Crippen LogP contribution in [-0.4, -0.2) is 52.4 Å². The Morgan fingerprint density at radius 3 is 2.06 bits per heavy atom. The summed E-state index contributed by atoms with van der Waals surface area (Å²) in [4.78, 5) is 52.4. The number of carboxylic acids is 1. The monoisotopic (exact) mass is 462 g/mol. The smallest absolute Gasteiger partial charge is 0.325 e. The number of carbonyl (C=O) groups is 4. The van der Waals surface area contributed by atoms with E-state index in [4.69, 9.17) is 4.74 Å². The zero-order valence-corrected chi connectivity index (χ0v) is 18.6. The largest absolute Gasteiger partial charge is 0.481 e. The molecule has 0 aromatic heterocycles. The highest BCUT2D eigenvalue weighted by molar-refractivity contribution is 6.09. The number of rotatable bonds is 8. The van der Waals surface area contributed by atoms with Gasteiger partial charge in [-0.25, -0.2) is 4.79 Å². The Kier molecular flexibility index (Phi) is 5.69. The van der Waals surface area contributed by atoms with Crippen LogP contribution >= 0.6 is 0 Å². The van der Waals surface area contributed by atoms with Gasteiger partial charge in [0.1, 0.15) is 5.78 Å². The summed E-state index contributed by atoms with van der Waals surface area (Å²) in [5.74, 6) is -3.05. The number of ketones is 1. The Labute approximate surface area is 196 Å². The number of Topliss-reactive ketones (excluding diaryl/α,β-unsaturated/α-hetero) is 1. The molecule has 5 rings (SSSR count). The van der Waals surface area contributed by atoms with Gasteiger partial charge in [-0.1, -0.05) is 60.7 Å². The molecule has 2 N–H and O–H groups in total. The molecule has 2 aromatic carbocycles. The van der Waals surface area contributed by atoms with Crippen LogP contribution in [0.5, 0.6) is 0 Å². The molecule has 0 saturated carbocycles. The lowest BCUT2D eigenvalue weighted by atomic mass is 9.76. The van der Waals surface area contributed by atoms with Crippen molar-refractivity contribution in [1.82, 2.24) is 10.2 Å². The summed E-state index contributed by atoms with van der Waals surface area (Å²) >= 11 is 0. The number of urea groups is 1. The summed E-state index contributed by atoms with van der Waals surface area (Å²) in [7, 11) is 0. The van der Waals surface area contributed by atoms with Crippen molar-refractivity contribution in [2.75, 3.05) is 6.54 Å². The van der Waals surface area contributed by atoms with Gasteiger partial charge < -0.3 is 15.2 Å². The number of carboxylic acid groups (broad SMARTS) is 1. The van der Waals surface area contributed by atoms with E-state index in [1.165, 1.54) is 0 Å². The number of nitrogens with zero attached hydrogens (tertiary/aromatic N) is 1. The number of aliphatic carboxylic acids is 1. The van der Waals surface area contributed by atoms with Crippen LogP contribution in [-0.2, 0) is 24.7 Å². The second-order valence-electron chi connectivity index (χ2n) is 9.12. The predicted molar refractivity (Wildman–Crippen MR) is 121 cm³/mol. The molecule has 2 unspecified atom stereocenters. The number of nitrogens with one attached hydrogen (secondary N) is 1. The number of carbonyl (C=O) groups excluding carboxylic acids is 3. The molecule has 4 atom stereocenters. The van der Waals surface area contributed by atoms with E-state index >= 15 is 0 Å². The van der Waals surface area contributed by atoms with Crippen LogP contribution in [0, 0.1) is 11.8 Å². The number of ether oxygens (including phenoxy) is 1. The molecule has 2 bridgehead atoms. The third-order valence-electron chi connectivity index (χ3n) is 7.25. The van der Waals surface area contributed by atoms with Crippen LogP contribution in [0.15, 0.2) is 60.7 Å². The Morgan fingerprint density at radius 1 is 0.941 bits per heavy atom. The summed E-state index contributed by atoms with van der Waals surface area (Å²) < 4.78 is 5.69. The van der Waals surface area contributed by atoms with E-state index in [0.29, 0.717) is 24.0 Å². The molecule has 8 heteroatoms. The van der Waals surface area contributed by atoms with Gasteiger partial charge in [0, 0.05) is 13.0 Å². The van der Waals surface area contributed by atoms with Crippen molar-refractivity contribution in [3.05, 3.63) is 71.8 Å². The average molecular weight is 463 g/mol. The van der Waals surface area contributed by atoms with Crippen LogP contribution in [0.4, 0.5) is 4.79 Å². The molecule has 3 fully saturated rings. The molecule has 3 heterocycles. The first-order chi connectivity index (χ1) is 16.4. The van der Waals surface area contributed by atoms with Crippen molar-refractivity contribution in [3.8, 4) is 0 Å². The second-order valence-corrected chi connectivity index (χ2v) is 9.12. The molecule has 0 aliphatic carbocycles. The van der Waals surface area contributed by atoms with Gasteiger partial charge in [0.25, 0.3) is 5.91 Å². The van der Waals surface area contributed by atoms with Crippen LogP contribution in [0.2, 0.25) is 0 Å². The molecule has 3 aliphatic heterocycles. The molecule has 8 nitrogen and oxygen atoms in total. The minimum absolute atomic E-state index is 0.0667. The normalized spacial score (nSPS) is 27.1. The lowest BCUT2D eigenvalue weighted by Crippen LogP contribution is -2.45. The van der Waals surface area contributed by atoms with Crippen LogP contribution in [0.1, 0.15) is 36.8 Å². The van der Waals surface area contributed by atoms with Gasteiger partial charge >= 0.3 is 12.0 Å². The van der Waals surface area contributed by atoms with Crippen molar-refractivity contribution in [3.63, 3.8) is 0 Å². The zero-order chi connectivity index (χ0) is 23.9. The van der Waals surface area contributed by atoms with Crippen LogP contribution in [0.25, 0.3) is 0 Å². The van der Waals surface area contributed by atoms with Gasteiger partial charge in [0.05, 0.1) is 24.0 Å². The van der Waals surface area contributed by atoms with E-state index in [9.17, 15) is 24.3 Å². The van der Waals surface area contributed by atoms with Crippen LogP contribution < -0.4 is 5.32 Å². The van der Waals surface area contributed by atoms with E-state index in [0.717, 1.165) is 4.90 Å². The van der Waals surface area contributed by atoms with Crippen molar-refractivity contribution in [2.24, 2.45) is 11.8 Å². The molecule has 0 spiro atoms. The molecule has 34 heavy (non-hydrogen) atoms. The zero-order valence-electron chi connectivity index (χ0n) is 18.6. The SMILES string of the molecule is O=C(CCCN1C(=O)NC(c2ccccc2)(c2ccccc2)C1=O)C1C(C(=O)O)[C@H]2CC[C@@H]1O2. The Morgan fingerprint density at radius 2 is 1.50 bits per heavy atom. The standard InChI is InChI=1S/C26H26N2O6/c29-18(21-19-13-14-20(34-19)22(21)23(30)31)12-7-15-28-24(32)26(27-25(28)33,16-8-3-1-4-9-16)17-10-5-2-6-11-17/h1-6,8-11,19-22H,7,12-15H2,(H,27,33)(H,30,31)/t19-,20+,21?,22?/m0/s1. The van der Waals surface area contributed by atoms with Crippen molar-refractivity contribution >= 4 is 23.7 Å².